The first-order chi connectivity index (χ1) is 24.2. The predicted molar refractivity (Wildman–Crippen MR) is 197 cm³/mol. The van der Waals surface area contributed by atoms with Gasteiger partial charge in [-0.05, 0) is 84.8 Å². The maximum atomic E-state index is 9.33. The zero-order valence-corrected chi connectivity index (χ0v) is 26.1. The van der Waals surface area contributed by atoms with E-state index >= 15 is 0 Å². The number of furan rings is 1. The number of hydrogen-bond acceptors (Lipinski definition) is 4. The van der Waals surface area contributed by atoms with Gasteiger partial charge in [0.1, 0.15) is 17.2 Å². The van der Waals surface area contributed by atoms with E-state index in [0.717, 1.165) is 88.0 Å². The Morgan fingerprint density at radius 2 is 0.980 bits per heavy atom. The highest BCUT2D eigenvalue weighted by Crippen LogP contribution is 2.45. The molecule has 0 N–H and O–H groups in total. The van der Waals surface area contributed by atoms with Gasteiger partial charge in [-0.15, -0.1) is 0 Å². The summed E-state index contributed by atoms with van der Waals surface area (Å²) in [6.07, 6.45) is 6.73. The van der Waals surface area contributed by atoms with Crippen molar-refractivity contribution in [1.29, 1.82) is 5.26 Å². The summed E-state index contributed by atoms with van der Waals surface area (Å²) in [5, 5.41) is 16.1. The molecule has 0 saturated heterocycles. The molecular formula is C44H24N4O. The lowest BCUT2D eigenvalue weighted by Gasteiger charge is -2.11. The minimum Gasteiger partial charge on any atom is -0.456 e. The lowest BCUT2D eigenvalue weighted by atomic mass is 9.91. The van der Waals surface area contributed by atoms with Crippen LogP contribution in [0.3, 0.4) is 0 Å². The van der Waals surface area contributed by atoms with Crippen molar-refractivity contribution in [2.24, 2.45) is 0 Å². The van der Waals surface area contributed by atoms with Gasteiger partial charge >= 0.3 is 0 Å². The van der Waals surface area contributed by atoms with Gasteiger partial charge in [-0.2, -0.15) is 5.26 Å². The molecule has 3 heterocycles. The molecule has 0 unspecified atom stereocenters. The molecular weight excluding hydrogens is 601 g/mol. The van der Waals surface area contributed by atoms with E-state index in [-0.39, 0.29) is 0 Å². The third-order valence-electron chi connectivity index (χ3n) is 9.27. The standard InChI is InChI=1S/C44H24N4O/c1-46-34-19-33(25-48-26-34)29-12-16-31(17-13-29)40-21-42-44(38-9-5-3-7-36(38)40)43-37-8-4-2-6-35(37)39(20-41(43)49-42)30-14-10-28(11-15-30)32-18-27(22-45)23-47-24-32/h2-21,23-26H. The fraction of sp³-hybridized carbons (Fsp3) is 0. The van der Waals surface area contributed by atoms with Crippen LogP contribution in [0.25, 0.3) is 92.8 Å². The summed E-state index contributed by atoms with van der Waals surface area (Å²) < 4.78 is 6.75. The Bertz CT molecular complexity index is 2640. The molecule has 5 heteroatoms. The SMILES string of the molecule is [C-]#[N+]c1cncc(-c2ccc(-c3cc4oc5cc(-c6ccc(-c7cncc(C#N)c7)cc6)c6ccccc6c5c4c4ccccc34)cc2)c1. The molecule has 3 aromatic heterocycles. The topological polar surface area (TPSA) is 67.1 Å². The highest BCUT2D eigenvalue weighted by Gasteiger charge is 2.19. The molecule has 6 aromatic carbocycles. The fourth-order valence-corrected chi connectivity index (χ4v) is 6.96. The largest absolute Gasteiger partial charge is 0.456 e. The molecule has 0 bridgehead atoms. The number of nitrogens with zero attached hydrogens (tertiary/aromatic N) is 4. The van der Waals surface area contributed by atoms with Crippen LogP contribution in [0.5, 0.6) is 0 Å². The highest BCUT2D eigenvalue weighted by molar-refractivity contribution is 6.29. The van der Waals surface area contributed by atoms with E-state index < -0.39 is 0 Å². The predicted octanol–water partition coefficient (Wildman–Crippen LogP) is 11.8. The number of benzene rings is 6. The normalized spacial score (nSPS) is 11.2. The van der Waals surface area contributed by atoms with Gasteiger partial charge in [0.2, 0.25) is 5.69 Å². The lowest BCUT2D eigenvalue weighted by molar-refractivity contribution is 0.670. The van der Waals surface area contributed by atoms with E-state index in [1.165, 1.54) is 0 Å². The van der Waals surface area contributed by atoms with Crippen LogP contribution in [-0.4, -0.2) is 9.97 Å². The maximum absolute atomic E-state index is 9.33. The zero-order valence-electron chi connectivity index (χ0n) is 26.1. The number of rotatable bonds is 4. The van der Waals surface area contributed by atoms with Gasteiger partial charge in [-0.3, -0.25) is 9.97 Å². The maximum Gasteiger partial charge on any atom is 0.205 e. The van der Waals surface area contributed by atoms with Gasteiger partial charge in [0.25, 0.3) is 0 Å². The molecule has 0 aliphatic rings. The molecule has 49 heavy (non-hydrogen) atoms. The molecule has 0 aliphatic heterocycles. The van der Waals surface area contributed by atoms with Crippen LogP contribution in [0.2, 0.25) is 0 Å². The average molecular weight is 625 g/mol. The second-order valence-corrected chi connectivity index (χ2v) is 12.1. The highest BCUT2D eigenvalue weighted by atomic mass is 16.3. The smallest absolute Gasteiger partial charge is 0.205 e. The van der Waals surface area contributed by atoms with E-state index in [1.807, 2.05) is 12.1 Å². The Hall–Kier alpha value is -7.08. The number of aromatic nitrogens is 2. The minimum atomic E-state index is 0.524. The van der Waals surface area contributed by atoms with Crippen LogP contribution in [0.4, 0.5) is 5.69 Å². The van der Waals surface area contributed by atoms with Gasteiger partial charge in [-0.25, -0.2) is 4.85 Å². The van der Waals surface area contributed by atoms with E-state index in [2.05, 4.69) is 130 Å². The van der Waals surface area contributed by atoms with Gasteiger partial charge < -0.3 is 4.42 Å². The second kappa shape index (κ2) is 11.3. The van der Waals surface area contributed by atoms with Crippen molar-refractivity contribution in [2.45, 2.75) is 0 Å². The summed E-state index contributed by atoms with van der Waals surface area (Å²) >= 11 is 0. The Labute approximate surface area is 281 Å². The molecule has 5 nitrogen and oxygen atoms in total. The quantitative estimate of drug-likeness (QED) is 0.183. The van der Waals surface area contributed by atoms with E-state index in [1.54, 1.807) is 24.8 Å². The van der Waals surface area contributed by atoms with Crippen molar-refractivity contribution in [2.75, 3.05) is 0 Å². The van der Waals surface area contributed by atoms with Crippen LogP contribution in [0.15, 0.2) is 151 Å². The molecule has 0 spiro atoms. The molecule has 0 fully saturated rings. The lowest BCUT2D eigenvalue weighted by Crippen LogP contribution is -1.86. The molecule has 0 aliphatic carbocycles. The average Bonchev–Trinajstić information content (AvgIpc) is 3.56. The molecule has 226 valence electrons. The number of pyridine rings is 2. The van der Waals surface area contributed by atoms with E-state index in [4.69, 9.17) is 11.0 Å². The Morgan fingerprint density at radius 3 is 1.49 bits per heavy atom. The summed E-state index contributed by atoms with van der Waals surface area (Å²) in [4.78, 5) is 12.0. The second-order valence-electron chi connectivity index (χ2n) is 12.1. The molecule has 0 saturated carbocycles. The summed E-state index contributed by atoms with van der Waals surface area (Å²) in [7, 11) is 0. The van der Waals surface area contributed by atoms with Crippen LogP contribution in [-0.2, 0) is 0 Å². The van der Waals surface area contributed by atoms with Crippen molar-refractivity contribution < 1.29 is 4.42 Å². The fourth-order valence-electron chi connectivity index (χ4n) is 6.96. The van der Waals surface area contributed by atoms with Crippen LogP contribution < -0.4 is 0 Å². The number of fused-ring (bicyclic) bond motifs is 7. The number of hydrogen-bond donors (Lipinski definition) is 0. The van der Waals surface area contributed by atoms with Crippen molar-refractivity contribution >= 4 is 49.2 Å². The van der Waals surface area contributed by atoms with Crippen molar-refractivity contribution in [1.82, 2.24) is 9.97 Å². The monoisotopic (exact) mass is 624 g/mol. The van der Waals surface area contributed by atoms with Gasteiger partial charge in [0.15, 0.2) is 0 Å². The van der Waals surface area contributed by atoms with Crippen molar-refractivity contribution in [3.8, 4) is 50.6 Å². The third kappa shape index (κ3) is 4.69. The van der Waals surface area contributed by atoms with Gasteiger partial charge in [0, 0.05) is 41.1 Å². The summed E-state index contributed by atoms with van der Waals surface area (Å²) in [6.45, 7) is 7.35. The molecule has 9 rings (SSSR count). The summed E-state index contributed by atoms with van der Waals surface area (Å²) in [5.74, 6) is 0. The van der Waals surface area contributed by atoms with Crippen molar-refractivity contribution in [3.63, 3.8) is 0 Å². The van der Waals surface area contributed by atoms with E-state index in [9.17, 15) is 5.26 Å². The van der Waals surface area contributed by atoms with E-state index in [0.29, 0.717) is 11.3 Å². The van der Waals surface area contributed by atoms with Gasteiger partial charge in [0.05, 0.1) is 12.1 Å². The summed E-state index contributed by atoms with van der Waals surface area (Å²) in [5.41, 5.74) is 10.9. The number of nitriles is 1. The third-order valence-corrected chi connectivity index (χ3v) is 9.27. The molecule has 9 aromatic rings. The van der Waals surface area contributed by atoms with Crippen LogP contribution in [0.1, 0.15) is 5.56 Å². The molecule has 0 atom stereocenters. The first-order valence-electron chi connectivity index (χ1n) is 15.9. The minimum absolute atomic E-state index is 0.524. The Morgan fingerprint density at radius 1 is 0.510 bits per heavy atom. The zero-order chi connectivity index (χ0) is 32.9. The molecule has 0 radical (unpaired) electrons. The Balaban J connectivity index is 1.21. The molecule has 0 amide bonds. The van der Waals surface area contributed by atoms with Crippen LogP contribution in [0, 0.1) is 17.9 Å². The Kier molecular flexibility index (Phi) is 6.50. The summed E-state index contributed by atoms with van der Waals surface area (Å²) in [6, 6.07) is 44.1. The van der Waals surface area contributed by atoms with Gasteiger partial charge in [-0.1, -0.05) is 97.1 Å². The van der Waals surface area contributed by atoms with Crippen LogP contribution >= 0.6 is 0 Å². The van der Waals surface area contributed by atoms with Crippen molar-refractivity contribution in [3.05, 3.63) is 163 Å². The first-order valence-corrected chi connectivity index (χ1v) is 15.9. The first kappa shape index (κ1) is 28.2.